The lowest BCUT2D eigenvalue weighted by molar-refractivity contribution is 0.133. The molecule has 0 saturated heterocycles. The highest BCUT2D eigenvalue weighted by Crippen LogP contribution is 2.32. The van der Waals surface area contributed by atoms with Crippen LogP contribution in [-0.4, -0.2) is 31.5 Å². The van der Waals surface area contributed by atoms with Crippen molar-refractivity contribution >= 4 is 23.3 Å². The van der Waals surface area contributed by atoms with Gasteiger partial charge in [0, 0.05) is 19.3 Å². The second-order valence-corrected chi connectivity index (χ2v) is 12.1. The van der Waals surface area contributed by atoms with Crippen LogP contribution in [0.5, 0.6) is 0 Å². The highest BCUT2D eigenvalue weighted by Gasteiger charge is 2.10. The molecule has 0 spiro atoms. The van der Waals surface area contributed by atoms with Crippen LogP contribution in [0.15, 0.2) is 109 Å². The average Bonchev–Trinajstić information content (AvgIpc) is 3.18. The van der Waals surface area contributed by atoms with Gasteiger partial charge in [-0.3, -0.25) is 4.99 Å². The number of aliphatic imine (C=N–C) groups is 1. The third kappa shape index (κ3) is 21.4. The zero-order valence-corrected chi connectivity index (χ0v) is 35.0. The fourth-order valence-corrected chi connectivity index (χ4v) is 5.10. The fraction of sp³-hybridized carbons (Fsp3) is 0.458. The molecule has 0 aliphatic rings. The maximum atomic E-state index is 5.85. The largest absolute Gasteiger partial charge is 0.381 e. The molecule has 4 heteroatoms. The Morgan fingerprint density at radius 3 is 2.08 bits per heavy atom. The highest BCUT2D eigenvalue weighted by molar-refractivity contribution is 5.97. The van der Waals surface area contributed by atoms with Crippen LogP contribution >= 0.6 is 0 Å². The van der Waals surface area contributed by atoms with E-state index in [1.165, 1.54) is 63.4 Å². The van der Waals surface area contributed by atoms with Gasteiger partial charge in [0.1, 0.15) is 5.82 Å². The topological polar surface area (TPSA) is 46.5 Å². The summed E-state index contributed by atoms with van der Waals surface area (Å²) in [5.74, 6) is 0.965. The number of benzene rings is 3. The van der Waals surface area contributed by atoms with Gasteiger partial charge in [-0.25, -0.2) is 4.98 Å². The molecule has 3 aromatic carbocycles. The Morgan fingerprint density at radius 2 is 1.50 bits per heavy atom. The summed E-state index contributed by atoms with van der Waals surface area (Å²) in [6.45, 7) is 37.0. The predicted molar refractivity (Wildman–Crippen MR) is 237 cm³/mol. The molecule has 0 aliphatic carbocycles. The first-order chi connectivity index (χ1) is 25.4. The van der Waals surface area contributed by atoms with Gasteiger partial charge in [-0.05, 0) is 103 Å². The van der Waals surface area contributed by atoms with Gasteiger partial charge in [-0.1, -0.05) is 141 Å². The summed E-state index contributed by atoms with van der Waals surface area (Å²) in [6, 6.07) is 26.3. The SMILES string of the molecule is C=C.C=C(C)CCCNc1cc(C)ccn1.C=NC(CC)c1ccc(-c2cc(CCOCCCCC)cc3ccccc23)cc1.CC.CC.CCC. The number of nitrogens with one attached hydrogen (secondary N) is 1. The standard InChI is InChI=1S/C27H33NO.C12H18N2.C3H8.2C2H6.C2H4/c1-4-6-9-17-29-18-16-21-19-24-10-7-8-11-25(24)26(20-21)22-12-14-23(15-13-22)27(5-2)28-3;1-10(2)5-4-7-13-12-9-11(3)6-8-14-12;1-3-2;3*1-2/h7-8,10-15,19-20,27H,3-6,9,16-18H2,1-2H3;6,8-9H,1,4-5,7H2,2-3H3,(H,13,14);3H2,1-2H3;2*1-2H3;1-2H2. The van der Waals surface area contributed by atoms with Crippen molar-refractivity contribution in [1.82, 2.24) is 4.98 Å². The number of anilines is 1. The first-order valence-electron chi connectivity index (χ1n) is 19.8. The molecule has 52 heavy (non-hydrogen) atoms. The zero-order valence-electron chi connectivity index (χ0n) is 35.0. The maximum Gasteiger partial charge on any atom is 0.126 e. The Bertz CT molecular complexity index is 1440. The molecule has 1 heterocycles. The van der Waals surface area contributed by atoms with Crippen LogP contribution < -0.4 is 5.32 Å². The van der Waals surface area contributed by atoms with E-state index in [0.29, 0.717) is 0 Å². The molecule has 0 fully saturated rings. The van der Waals surface area contributed by atoms with E-state index in [0.717, 1.165) is 57.7 Å². The normalized spacial score (nSPS) is 10.1. The second-order valence-electron chi connectivity index (χ2n) is 12.1. The van der Waals surface area contributed by atoms with Crippen molar-refractivity contribution in [2.24, 2.45) is 4.99 Å². The van der Waals surface area contributed by atoms with Gasteiger partial charge in [0.15, 0.2) is 0 Å². The van der Waals surface area contributed by atoms with Crippen molar-refractivity contribution < 1.29 is 4.74 Å². The summed E-state index contributed by atoms with van der Waals surface area (Å²) in [6.07, 6.45) is 10.8. The van der Waals surface area contributed by atoms with Gasteiger partial charge in [0.05, 0.1) is 12.6 Å². The van der Waals surface area contributed by atoms with E-state index < -0.39 is 0 Å². The molecule has 0 bridgehead atoms. The maximum absolute atomic E-state index is 5.85. The highest BCUT2D eigenvalue weighted by atomic mass is 16.5. The Hall–Kier alpha value is -4.02. The lowest BCUT2D eigenvalue weighted by atomic mass is 9.93. The number of allylic oxidation sites excluding steroid dienone is 1. The molecule has 288 valence electrons. The fourth-order valence-electron chi connectivity index (χ4n) is 5.10. The molecule has 4 nitrogen and oxygen atoms in total. The molecule has 1 atom stereocenters. The minimum absolute atomic E-state index is 0.178. The van der Waals surface area contributed by atoms with Crippen molar-refractivity contribution in [3.05, 3.63) is 121 Å². The van der Waals surface area contributed by atoms with Crippen LogP contribution in [0.25, 0.3) is 21.9 Å². The smallest absolute Gasteiger partial charge is 0.126 e. The molecule has 1 unspecified atom stereocenters. The Balaban J connectivity index is 0. The van der Waals surface area contributed by atoms with Crippen LogP contribution in [0, 0.1) is 6.92 Å². The first kappa shape index (κ1) is 50.1. The molecule has 0 saturated carbocycles. The number of unbranched alkanes of at least 4 members (excludes halogenated alkanes) is 2. The number of aromatic nitrogens is 1. The monoisotopic (exact) mass is 710 g/mol. The van der Waals surface area contributed by atoms with Crippen LogP contribution in [-0.2, 0) is 11.2 Å². The summed E-state index contributed by atoms with van der Waals surface area (Å²) in [5, 5.41) is 5.87. The summed E-state index contributed by atoms with van der Waals surface area (Å²) in [4.78, 5) is 8.46. The van der Waals surface area contributed by atoms with E-state index in [2.05, 4.69) is 150 Å². The van der Waals surface area contributed by atoms with E-state index in [1.807, 2.05) is 40.0 Å². The van der Waals surface area contributed by atoms with Crippen LogP contribution in [0.2, 0.25) is 0 Å². The van der Waals surface area contributed by atoms with E-state index in [4.69, 9.17) is 4.74 Å². The van der Waals surface area contributed by atoms with Crippen molar-refractivity contribution in [3.8, 4) is 11.1 Å². The third-order valence-electron chi connectivity index (χ3n) is 7.56. The van der Waals surface area contributed by atoms with Crippen molar-refractivity contribution in [2.45, 2.75) is 127 Å². The van der Waals surface area contributed by atoms with Crippen molar-refractivity contribution in [2.75, 3.05) is 25.1 Å². The number of nitrogens with zero attached hydrogens (tertiary/aromatic N) is 2. The number of rotatable bonds is 16. The Kier molecular flexibility index (Phi) is 32.8. The Morgan fingerprint density at radius 1 is 0.846 bits per heavy atom. The van der Waals surface area contributed by atoms with Gasteiger partial charge >= 0.3 is 0 Å². The molecule has 1 N–H and O–H groups in total. The van der Waals surface area contributed by atoms with Gasteiger partial charge in [-0.2, -0.15) is 0 Å². The number of hydrogen-bond acceptors (Lipinski definition) is 4. The lowest BCUT2D eigenvalue weighted by Gasteiger charge is -2.13. The van der Waals surface area contributed by atoms with E-state index >= 15 is 0 Å². The Labute approximate surface area is 321 Å². The molecular formula is C48H75N3O. The third-order valence-corrected chi connectivity index (χ3v) is 7.56. The van der Waals surface area contributed by atoms with Crippen molar-refractivity contribution in [3.63, 3.8) is 0 Å². The number of ether oxygens (including phenoxy) is 1. The van der Waals surface area contributed by atoms with E-state index in [-0.39, 0.29) is 6.04 Å². The molecular weight excluding hydrogens is 635 g/mol. The second kappa shape index (κ2) is 34.1. The minimum atomic E-state index is 0.178. The lowest BCUT2D eigenvalue weighted by Crippen LogP contribution is -2.03. The minimum Gasteiger partial charge on any atom is -0.381 e. The van der Waals surface area contributed by atoms with Gasteiger partial charge in [-0.15, -0.1) is 19.7 Å². The summed E-state index contributed by atoms with van der Waals surface area (Å²) in [5.41, 5.74) is 7.57. The van der Waals surface area contributed by atoms with E-state index in [9.17, 15) is 0 Å². The average molecular weight is 710 g/mol. The molecule has 4 aromatic rings. The molecule has 0 aliphatic heterocycles. The summed E-state index contributed by atoms with van der Waals surface area (Å²) in [7, 11) is 0. The van der Waals surface area contributed by atoms with Gasteiger partial charge in [0.2, 0.25) is 0 Å². The zero-order chi connectivity index (χ0) is 39.6. The predicted octanol–water partition coefficient (Wildman–Crippen LogP) is 14.8. The number of aryl methyl sites for hydroxylation is 1. The summed E-state index contributed by atoms with van der Waals surface area (Å²) < 4.78 is 5.85. The van der Waals surface area contributed by atoms with Crippen LogP contribution in [0.4, 0.5) is 5.82 Å². The van der Waals surface area contributed by atoms with Gasteiger partial charge in [0.25, 0.3) is 0 Å². The quantitative estimate of drug-likeness (QED) is 0.0716. The molecule has 1 aromatic heterocycles. The number of hydrogen-bond donors (Lipinski definition) is 1. The molecule has 0 radical (unpaired) electrons. The van der Waals surface area contributed by atoms with Crippen LogP contribution in [0.3, 0.4) is 0 Å². The van der Waals surface area contributed by atoms with Crippen molar-refractivity contribution in [1.29, 1.82) is 0 Å². The molecule has 0 amide bonds. The van der Waals surface area contributed by atoms with Crippen LogP contribution in [0.1, 0.15) is 130 Å². The number of fused-ring (bicyclic) bond motifs is 1. The molecule has 4 rings (SSSR count). The van der Waals surface area contributed by atoms with E-state index in [1.54, 1.807) is 0 Å². The number of pyridine rings is 1. The first-order valence-corrected chi connectivity index (χ1v) is 19.8. The van der Waals surface area contributed by atoms with Gasteiger partial charge < -0.3 is 10.1 Å². The summed E-state index contributed by atoms with van der Waals surface area (Å²) >= 11 is 0.